The van der Waals surface area contributed by atoms with Crippen molar-refractivity contribution >= 4 is 0 Å². The van der Waals surface area contributed by atoms with E-state index in [0.717, 1.165) is 32.4 Å². The third-order valence-corrected chi connectivity index (χ3v) is 59.9. The summed E-state index contributed by atoms with van der Waals surface area (Å²) in [5.74, 6) is 2.23. The van der Waals surface area contributed by atoms with Crippen molar-refractivity contribution in [2.75, 3.05) is 21.3 Å². The molecule has 10 aliphatic rings. The predicted molar refractivity (Wildman–Crippen MR) is 87.5 cm³/mol. The van der Waals surface area contributed by atoms with Crippen LogP contribution in [0.25, 0.3) is 0 Å². The van der Waals surface area contributed by atoms with Gasteiger partial charge in [-0.3, -0.25) is 0 Å². The topological polar surface area (TPSA) is 47.9 Å². The fourth-order valence-electron chi connectivity index (χ4n) is 18.6. The number of rotatable bonds is 5. The van der Waals surface area contributed by atoms with Gasteiger partial charge in [-0.25, -0.2) is 0 Å². The van der Waals surface area contributed by atoms with E-state index in [-0.39, 0.29) is 6.10 Å². The first-order chi connectivity index (χ1) is 11.9. The first kappa shape index (κ1) is 11.1. The Morgan fingerprint density at radius 1 is 0.840 bits per heavy atom. The fraction of sp³-hybridized carbons (Fsp3) is 0.700. The van der Waals surface area contributed by atoms with E-state index in [9.17, 15) is 5.11 Å². The van der Waals surface area contributed by atoms with Gasteiger partial charge in [-0.05, 0) is 0 Å². The molecule has 1 aromatic rings. The summed E-state index contributed by atoms with van der Waals surface area (Å²) >= 11 is 0. The second kappa shape index (κ2) is 1.20. The number of benzene rings is 1. The molecule has 5 heteroatoms. The molecule has 1 spiro atoms. The number of aliphatic hydroxyl groups is 1. The Hall–Kier alpha value is -0.901. The summed E-state index contributed by atoms with van der Waals surface area (Å²) in [6, 6.07) is 3.84. The van der Waals surface area contributed by atoms with Crippen molar-refractivity contribution in [3.8, 4) is 17.2 Å². The summed E-state index contributed by atoms with van der Waals surface area (Å²) < 4.78 is 17.2. The molecular weight excluding hydrogens is 360 g/mol. The third-order valence-electron chi connectivity index (χ3n) is 17.2. The average molecular weight is 382 g/mol. The molecule has 0 amide bonds. The summed E-state index contributed by atoms with van der Waals surface area (Å²) in [5, 5.41) is 11.9. The van der Waals surface area contributed by atoms with Crippen molar-refractivity contribution < 1.29 is 25.8 Å². The second-order valence-corrected chi connectivity index (χ2v) is 36.2. The number of fused-ring (bicyclic) bond motifs is 10. The van der Waals surface area contributed by atoms with E-state index in [1.54, 1.807) is 21.3 Å². The van der Waals surface area contributed by atoms with Gasteiger partial charge in [0.25, 0.3) is 0 Å². The van der Waals surface area contributed by atoms with Crippen LogP contribution >= 0.6 is 0 Å². The molecule has 0 radical (unpaired) electrons. The summed E-state index contributed by atoms with van der Waals surface area (Å²) in [5.41, 5.74) is 0.929. The van der Waals surface area contributed by atoms with Crippen molar-refractivity contribution in [1.82, 2.24) is 0 Å². The minimum absolute atomic E-state index is 0.350. The number of ether oxygens (including phenoxy) is 3. The maximum atomic E-state index is 11.9. The molecule has 0 saturated carbocycles. The Bertz CT molecular complexity index is 1260. The average Bonchev–Trinajstić information content (AvgIpc) is 3.58. The molecule has 1 aromatic carbocycles. The fourth-order valence-corrected chi connectivity index (χ4v) is 93.3. The van der Waals surface area contributed by atoms with Gasteiger partial charge >= 0.3 is 136 Å². The molecular formula is C20H22FeO4. The van der Waals surface area contributed by atoms with Gasteiger partial charge in [0.15, 0.2) is 0 Å². The van der Waals surface area contributed by atoms with Crippen molar-refractivity contribution in [2.24, 2.45) is 0 Å². The van der Waals surface area contributed by atoms with Crippen molar-refractivity contribution in [3.63, 3.8) is 0 Å². The Morgan fingerprint density at radius 2 is 1.32 bits per heavy atom. The molecule has 10 fully saturated rings. The van der Waals surface area contributed by atoms with Crippen LogP contribution in [0, 0.1) is 0 Å². The van der Waals surface area contributed by atoms with E-state index in [1.807, 2.05) is 12.1 Å². The number of hydrogen-bond acceptors (Lipinski definition) is 4. The summed E-state index contributed by atoms with van der Waals surface area (Å²) in [7, 11) is 5.06. The van der Waals surface area contributed by atoms with E-state index in [4.69, 9.17) is 14.2 Å². The Kier molecular flexibility index (Phi) is 0.529. The number of aliphatic hydroxyl groups excluding tert-OH is 1. The van der Waals surface area contributed by atoms with Gasteiger partial charge in [0.2, 0.25) is 0 Å². The molecule has 1 N–H and O–H groups in total. The molecule has 4 nitrogen and oxygen atoms in total. The number of hydrogen-bond donors (Lipinski definition) is 1. The van der Waals surface area contributed by atoms with E-state index < -0.39 is 6.51 Å². The van der Waals surface area contributed by atoms with Crippen molar-refractivity contribution in [1.29, 1.82) is 0 Å². The molecule has 5 unspecified atom stereocenters. The zero-order valence-corrected chi connectivity index (χ0v) is 15.6. The minimum atomic E-state index is -3.37. The third kappa shape index (κ3) is 0.173. The standard InChI is InChI=1S/C15H17O4.C5H5.Fe/c1-17-11-8-12(18-2)14(13(9-11)19-3)15(16)10-6-4-5-7-10;1-2-4-5-3-1;/h4-9,15-16H,1-3H3;1-5H;. The van der Waals surface area contributed by atoms with Crippen LogP contribution in [0.3, 0.4) is 0 Å². The van der Waals surface area contributed by atoms with Crippen LogP contribution in [0.4, 0.5) is 0 Å². The van der Waals surface area contributed by atoms with E-state index in [0.29, 0.717) is 4.31 Å². The normalized spacial score (nSPS) is 85.7. The van der Waals surface area contributed by atoms with Gasteiger partial charge in [-0.2, -0.15) is 0 Å². The second-order valence-electron chi connectivity index (χ2n) is 12.6. The Morgan fingerprint density at radius 3 is 1.60 bits per heavy atom. The zero-order chi connectivity index (χ0) is 16.4. The van der Waals surface area contributed by atoms with E-state index >= 15 is 0 Å². The van der Waals surface area contributed by atoms with Crippen LogP contribution in [0.1, 0.15) is 11.7 Å². The monoisotopic (exact) mass is 382 g/mol. The van der Waals surface area contributed by atoms with Gasteiger partial charge in [0.1, 0.15) is 0 Å². The molecule has 0 aromatic heterocycles. The van der Waals surface area contributed by atoms with Crippen LogP contribution in [0.2, 0.25) is 47.7 Å². The quantitative estimate of drug-likeness (QED) is 0.762. The predicted octanol–water partition coefficient (Wildman–Crippen LogP) is 4.51. The van der Waals surface area contributed by atoms with Crippen LogP contribution in [-0.4, -0.2) is 26.4 Å². The van der Waals surface area contributed by atoms with Gasteiger partial charge in [-0.1, -0.05) is 0 Å². The van der Waals surface area contributed by atoms with Gasteiger partial charge in [-0.15, -0.1) is 0 Å². The Labute approximate surface area is 136 Å². The summed E-state index contributed by atoms with van der Waals surface area (Å²) in [6.45, 7) is -3.37. The summed E-state index contributed by atoms with van der Waals surface area (Å²) in [4.78, 5) is 10.5. The van der Waals surface area contributed by atoms with Crippen molar-refractivity contribution in [3.05, 3.63) is 17.7 Å². The van der Waals surface area contributed by atoms with Crippen LogP contribution in [0.5, 0.6) is 17.2 Å². The summed E-state index contributed by atoms with van der Waals surface area (Å²) in [6.07, 6.45) is -0.350. The molecule has 10 aliphatic heterocycles. The van der Waals surface area contributed by atoms with Crippen LogP contribution in [0.15, 0.2) is 12.1 Å². The van der Waals surface area contributed by atoms with Gasteiger partial charge < -0.3 is 0 Å². The zero-order valence-electron chi connectivity index (χ0n) is 14.5. The van der Waals surface area contributed by atoms with Crippen LogP contribution in [-0.2, 0) is 6.51 Å². The SMILES string of the molecule is COc1cc(OC)c(C(O)[C]23[CH]4[CH]5[CH]6[CH]2[Fe]56432789[CH]3[CH]2[CH]7[CH]8[CH]39)c(OC)c1. The molecule has 134 valence electrons. The van der Waals surface area contributed by atoms with E-state index in [2.05, 4.69) is 0 Å². The molecule has 0 aliphatic carbocycles. The van der Waals surface area contributed by atoms with Gasteiger partial charge in [0.05, 0.1) is 0 Å². The first-order valence-corrected chi connectivity index (χ1v) is 15.9. The molecule has 11 rings (SSSR count). The molecule has 10 saturated heterocycles. The van der Waals surface area contributed by atoms with E-state index in [1.165, 1.54) is 33.7 Å². The molecule has 5 atom stereocenters. The first-order valence-electron chi connectivity index (χ1n) is 9.59. The van der Waals surface area contributed by atoms with Crippen LogP contribution < -0.4 is 14.2 Å². The molecule has 0 bridgehead atoms. The Balaban J connectivity index is 1.25. The van der Waals surface area contributed by atoms with Crippen molar-refractivity contribution in [2.45, 2.75) is 53.8 Å². The maximum absolute atomic E-state index is 11.9. The molecule has 25 heavy (non-hydrogen) atoms. The number of methoxy groups -OCH3 is 3. The molecule has 10 heterocycles. The van der Waals surface area contributed by atoms with Gasteiger partial charge in [0, 0.05) is 0 Å².